The number of aromatic hydroxyl groups is 1. The van der Waals surface area contributed by atoms with Gasteiger partial charge in [-0.25, -0.2) is 9.07 Å². The van der Waals surface area contributed by atoms with Gasteiger partial charge in [0.2, 0.25) is 0 Å². The van der Waals surface area contributed by atoms with Gasteiger partial charge < -0.3 is 19.2 Å². The van der Waals surface area contributed by atoms with E-state index in [0.717, 1.165) is 11.1 Å². The Morgan fingerprint density at radius 1 is 1.09 bits per heavy atom. The summed E-state index contributed by atoms with van der Waals surface area (Å²) in [6.45, 7) is 0.424. The maximum atomic E-state index is 13.4. The number of aromatic nitrogens is 2. The first kappa shape index (κ1) is 20.0. The summed E-state index contributed by atoms with van der Waals surface area (Å²) in [5.74, 6) is -0.243. The summed E-state index contributed by atoms with van der Waals surface area (Å²) >= 11 is 0. The minimum Gasteiger partial charge on any atom is -0.508 e. The first-order valence-electron chi connectivity index (χ1n) is 10.2. The molecule has 162 valence electrons. The number of carbonyl (C=O) groups is 1. The third-order valence-electron chi connectivity index (χ3n) is 5.44. The van der Waals surface area contributed by atoms with Crippen molar-refractivity contribution in [1.82, 2.24) is 14.7 Å². The number of hydrogen-bond acceptors (Lipinski definition) is 5. The van der Waals surface area contributed by atoms with E-state index in [9.17, 15) is 14.3 Å². The highest BCUT2D eigenvalue weighted by atomic mass is 19.1. The van der Waals surface area contributed by atoms with E-state index in [0.29, 0.717) is 29.9 Å². The van der Waals surface area contributed by atoms with Crippen LogP contribution in [0.25, 0.3) is 16.9 Å². The second-order valence-corrected chi connectivity index (χ2v) is 7.53. The molecule has 8 heteroatoms. The molecule has 1 fully saturated rings. The van der Waals surface area contributed by atoms with E-state index in [1.165, 1.54) is 12.1 Å². The summed E-state index contributed by atoms with van der Waals surface area (Å²) in [6, 6.07) is 14.7. The van der Waals surface area contributed by atoms with Crippen LogP contribution in [0.15, 0.2) is 77.7 Å². The number of furan rings is 1. The predicted molar refractivity (Wildman–Crippen MR) is 113 cm³/mol. The standard InChI is InChI=1S/C24H20FN3O4/c25-18-3-5-19(6-4-18)28-13-21(23(26-28)17-10-12-31-14-17)24-27(22(30)15-32-24)11-9-16-1-7-20(29)8-2-16/h1-8,10,12-14,24,29H,9,11,15H2/t24-/m1/s1. The van der Waals surface area contributed by atoms with Gasteiger partial charge in [-0.1, -0.05) is 12.1 Å². The monoisotopic (exact) mass is 433 g/mol. The molecule has 5 rings (SSSR count). The fourth-order valence-electron chi connectivity index (χ4n) is 3.78. The SMILES string of the molecule is O=C1CO[C@H](c2cn(-c3ccc(F)cc3)nc2-c2ccoc2)N1CCc1ccc(O)cc1. The second kappa shape index (κ2) is 8.32. The molecule has 2 aromatic heterocycles. The smallest absolute Gasteiger partial charge is 0.250 e. The number of nitrogens with zero attached hydrogens (tertiary/aromatic N) is 3. The molecule has 0 spiro atoms. The highest BCUT2D eigenvalue weighted by Crippen LogP contribution is 2.35. The lowest BCUT2D eigenvalue weighted by Gasteiger charge is -2.23. The molecule has 0 aliphatic carbocycles. The van der Waals surface area contributed by atoms with E-state index >= 15 is 0 Å². The Morgan fingerprint density at radius 3 is 2.59 bits per heavy atom. The largest absolute Gasteiger partial charge is 0.508 e. The fraction of sp³-hybridized carbons (Fsp3) is 0.167. The molecule has 1 atom stereocenters. The van der Waals surface area contributed by atoms with Crippen LogP contribution in [0.2, 0.25) is 0 Å². The van der Waals surface area contributed by atoms with Crippen LogP contribution in [-0.4, -0.2) is 38.8 Å². The van der Waals surface area contributed by atoms with Gasteiger partial charge in [-0.2, -0.15) is 5.10 Å². The molecule has 1 amide bonds. The average Bonchev–Trinajstić information content (AvgIpc) is 3.53. The fourth-order valence-corrected chi connectivity index (χ4v) is 3.78. The Bertz CT molecular complexity index is 1220. The van der Waals surface area contributed by atoms with Gasteiger partial charge in [-0.05, 0) is 54.4 Å². The van der Waals surface area contributed by atoms with Gasteiger partial charge in [0.25, 0.3) is 5.91 Å². The number of hydrogen-bond donors (Lipinski definition) is 1. The lowest BCUT2D eigenvalue weighted by molar-refractivity contribution is -0.128. The van der Waals surface area contributed by atoms with Crippen LogP contribution in [0.1, 0.15) is 17.4 Å². The van der Waals surface area contributed by atoms with Crippen molar-refractivity contribution >= 4 is 5.91 Å². The Hall–Kier alpha value is -3.91. The Labute approximate surface area is 183 Å². The van der Waals surface area contributed by atoms with E-state index < -0.39 is 6.23 Å². The predicted octanol–water partition coefficient (Wildman–Crippen LogP) is 4.08. The number of benzene rings is 2. The van der Waals surface area contributed by atoms with Crippen molar-refractivity contribution in [2.24, 2.45) is 0 Å². The summed E-state index contributed by atoms with van der Waals surface area (Å²) in [6.07, 6.45) is 4.93. The molecule has 4 aromatic rings. The van der Waals surface area contributed by atoms with Crippen molar-refractivity contribution in [1.29, 1.82) is 0 Å². The zero-order valence-electron chi connectivity index (χ0n) is 17.0. The number of carbonyl (C=O) groups excluding carboxylic acids is 1. The molecule has 7 nitrogen and oxygen atoms in total. The number of amides is 1. The van der Waals surface area contributed by atoms with Gasteiger partial charge in [0.05, 0.1) is 18.2 Å². The van der Waals surface area contributed by atoms with Gasteiger partial charge in [0.1, 0.15) is 23.9 Å². The molecule has 1 N–H and O–H groups in total. The number of rotatable bonds is 6. The minimum atomic E-state index is -0.612. The summed E-state index contributed by atoms with van der Waals surface area (Å²) in [4.78, 5) is 14.3. The van der Waals surface area contributed by atoms with E-state index in [4.69, 9.17) is 9.15 Å². The zero-order valence-corrected chi connectivity index (χ0v) is 17.0. The highest BCUT2D eigenvalue weighted by Gasteiger charge is 2.36. The van der Waals surface area contributed by atoms with Gasteiger partial charge >= 0.3 is 0 Å². The summed E-state index contributed by atoms with van der Waals surface area (Å²) in [7, 11) is 0. The maximum Gasteiger partial charge on any atom is 0.250 e. The van der Waals surface area contributed by atoms with Crippen molar-refractivity contribution in [3.63, 3.8) is 0 Å². The van der Waals surface area contributed by atoms with Crippen LogP contribution < -0.4 is 0 Å². The van der Waals surface area contributed by atoms with Crippen LogP contribution in [0.5, 0.6) is 5.75 Å². The number of halogens is 1. The van der Waals surface area contributed by atoms with Gasteiger partial charge in [0.15, 0.2) is 6.23 Å². The molecule has 1 saturated heterocycles. The second-order valence-electron chi connectivity index (χ2n) is 7.53. The lowest BCUT2D eigenvalue weighted by Crippen LogP contribution is -2.30. The summed E-state index contributed by atoms with van der Waals surface area (Å²) in [5, 5.41) is 14.2. The third-order valence-corrected chi connectivity index (χ3v) is 5.44. The summed E-state index contributed by atoms with van der Waals surface area (Å²) < 4.78 is 26.1. The Morgan fingerprint density at radius 2 is 1.88 bits per heavy atom. The van der Waals surface area contributed by atoms with Crippen LogP contribution in [0.4, 0.5) is 4.39 Å². The van der Waals surface area contributed by atoms with E-state index in [2.05, 4.69) is 5.10 Å². The minimum absolute atomic E-state index is 0.0210. The van der Waals surface area contributed by atoms with Crippen molar-refractivity contribution in [3.8, 4) is 22.7 Å². The number of phenols is 1. The Balaban J connectivity index is 1.48. The molecular weight excluding hydrogens is 413 g/mol. The maximum absolute atomic E-state index is 13.4. The van der Waals surface area contributed by atoms with Gasteiger partial charge in [-0.3, -0.25) is 4.79 Å². The van der Waals surface area contributed by atoms with Gasteiger partial charge in [0, 0.05) is 23.9 Å². The van der Waals surface area contributed by atoms with E-state index in [-0.39, 0.29) is 24.1 Å². The van der Waals surface area contributed by atoms with Crippen molar-refractivity contribution in [2.75, 3.05) is 13.2 Å². The molecule has 1 aliphatic rings. The molecular formula is C24H20FN3O4. The molecule has 32 heavy (non-hydrogen) atoms. The molecule has 1 aliphatic heterocycles. The van der Waals surface area contributed by atoms with Crippen LogP contribution in [0.3, 0.4) is 0 Å². The first-order chi connectivity index (χ1) is 15.6. The Kier molecular flexibility index (Phi) is 5.20. The molecule has 0 saturated carbocycles. The van der Waals surface area contributed by atoms with Crippen LogP contribution >= 0.6 is 0 Å². The molecule has 0 bridgehead atoms. The number of ether oxygens (including phenoxy) is 1. The van der Waals surface area contributed by atoms with Crippen LogP contribution in [-0.2, 0) is 16.0 Å². The summed E-state index contributed by atoms with van der Waals surface area (Å²) in [5.41, 5.74) is 3.77. The highest BCUT2D eigenvalue weighted by molar-refractivity contribution is 5.80. The average molecular weight is 433 g/mol. The number of phenolic OH excluding ortho intramolecular Hbond substituents is 1. The zero-order chi connectivity index (χ0) is 22.1. The lowest BCUT2D eigenvalue weighted by atomic mass is 10.1. The normalized spacial score (nSPS) is 16.1. The van der Waals surface area contributed by atoms with Gasteiger partial charge in [-0.15, -0.1) is 0 Å². The van der Waals surface area contributed by atoms with Crippen molar-refractivity contribution < 1.29 is 23.4 Å². The van der Waals surface area contributed by atoms with Crippen LogP contribution in [0, 0.1) is 5.82 Å². The molecule has 0 unspecified atom stereocenters. The quantitative estimate of drug-likeness (QED) is 0.496. The molecule has 0 radical (unpaired) electrons. The molecule has 3 heterocycles. The van der Waals surface area contributed by atoms with Crippen molar-refractivity contribution in [2.45, 2.75) is 12.6 Å². The topological polar surface area (TPSA) is 80.7 Å². The van der Waals surface area contributed by atoms with E-state index in [1.807, 2.05) is 12.1 Å². The molecule has 2 aromatic carbocycles. The van der Waals surface area contributed by atoms with E-state index in [1.54, 1.807) is 58.6 Å². The third kappa shape index (κ3) is 3.88. The van der Waals surface area contributed by atoms with Crippen molar-refractivity contribution in [3.05, 3.63) is 90.3 Å². The first-order valence-corrected chi connectivity index (χ1v) is 10.2.